The van der Waals surface area contributed by atoms with E-state index in [1.165, 1.54) is 7.11 Å². The van der Waals surface area contributed by atoms with Crippen molar-refractivity contribution in [3.8, 4) is 34.4 Å². The van der Waals surface area contributed by atoms with Crippen LogP contribution in [-0.4, -0.2) is 117 Å². The second kappa shape index (κ2) is 20.2. The summed E-state index contributed by atoms with van der Waals surface area (Å²) in [5.41, 5.74) is 6.69. The summed E-state index contributed by atoms with van der Waals surface area (Å²) < 4.78 is 4.83. The highest BCUT2D eigenvalue weighted by atomic mass is 16.5. The van der Waals surface area contributed by atoms with Crippen molar-refractivity contribution < 1.29 is 23.9 Å². The summed E-state index contributed by atoms with van der Waals surface area (Å²) in [5, 5.41) is 5.78. The Morgan fingerprint density at radius 2 is 1.06 bits per heavy atom. The van der Waals surface area contributed by atoms with Crippen molar-refractivity contribution in [2.24, 2.45) is 0 Å². The molecule has 3 aliphatic heterocycles. The van der Waals surface area contributed by atoms with Gasteiger partial charge < -0.3 is 44.9 Å². The molecule has 5 heterocycles. The summed E-state index contributed by atoms with van der Waals surface area (Å²) in [6.07, 6.45) is 6.07. The highest BCUT2D eigenvalue weighted by Gasteiger charge is 2.39. The molecule has 67 heavy (non-hydrogen) atoms. The number of carbonyl (C=O) groups excluding carboxylic acids is 4. The number of imidazole rings is 2. The SMILES string of the molecule is COC(=O)NC(C(=O)N1CCCC1c1ncc(-c2ccc(C#Cc3ccc(-c4cnc(C5CCCN5C(=O)C(NC(=O)N5CCN(C)CC5)c5ccccc5)[nH]4)cc3)cc2)[nH]1)c1ccccc1. The van der Waals surface area contributed by atoms with Crippen LogP contribution >= 0.6 is 0 Å². The number of amides is 5. The molecular weight excluding hydrogens is 845 g/mol. The lowest BCUT2D eigenvalue weighted by molar-refractivity contribution is -0.135. The van der Waals surface area contributed by atoms with Gasteiger partial charge in [-0.1, -0.05) is 96.8 Å². The number of methoxy groups -OCH3 is 1. The van der Waals surface area contributed by atoms with E-state index in [1.807, 2.05) is 121 Å². The number of urea groups is 1. The van der Waals surface area contributed by atoms with Crippen molar-refractivity contribution in [3.05, 3.63) is 155 Å². The third-order valence-corrected chi connectivity index (χ3v) is 12.9. The van der Waals surface area contributed by atoms with Gasteiger partial charge in [-0.25, -0.2) is 19.6 Å². The van der Waals surface area contributed by atoms with Crippen LogP contribution in [0.1, 0.15) is 83.8 Å². The zero-order chi connectivity index (χ0) is 46.3. The molecule has 3 aliphatic rings. The van der Waals surface area contributed by atoms with Crippen LogP contribution in [0.2, 0.25) is 0 Å². The molecule has 3 fully saturated rings. The van der Waals surface area contributed by atoms with Gasteiger partial charge in [-0.2, -0.15) is 0 Å². The van der Waals surface area contributed by atoms with E-state index in [-0.39, 0.29) is 29.9 Å². The minimum absolute atomic E-state index is 0.145. The lowest BCUT2D eigenvalue weighted by Crippen LogP contribution is -2.53. The summed E-state index contributed by atoms with van der Waals surface area (Å²) in [5.74, 6) is 7.59. The Morgan fingerprint density at radius 1 is 0.612 bits per heavy atom. The van der Waals surface area contributed by atoms with E-state index < -0.39 is 18.2 Å². The first-order valence-corrected chi connectivity index (χ1v) is 22.8. The Hall–Kier alpha value is -7.70. The zero-order valence-corrected chi connectivity index (χ0v) is 37.7. The number of benzene rings is 4. The molecule has 15 nitrogen and oxygen atoms in total. The van der Waals surface area contributed by atoms with Gasteiger partial charge in [0.05, 0.1) is 43.0 Å². The molecule has 4 N–H and O–H groups in total. The van der Waals surface area contributed by atoms with Crippen LogP contribution < -0.4 is 10.6 Å². The molecule has 0 bridgehead atoms. The third kappa shape index (κ3) is 10.1. The summed E-state index contributed by atoms with van der Waals surface area (Å²) in [6.45, 7) is 3.94. The number of alkyl carbamates (subject to hydrolysis) is 1. The number of likely N-dealkylation sites (tertiary alicyclic amines) is 2. The maximum absolute atomic E-state index is 14.3. The van der Waals surface area contributed by atoms with Crippen molar-refractivity contribution in [1.29, 1.82) is 0 Å². The van der Waals surface area contributed by atoms with Gasteiger partial charge in [-0.3, -0.25) is 9.59 Å². The quantitative estimate of drug-likeness (QED) is 0.107. The van der Waals surface area contributed by atoms with Crippen molar-refractivity contribution >= 4 is 23.9 Å². The predicted molar refractivity (Wildman–Crippen MR) is 253 cm³/mol. The molecule has 0 radical (unpaired) electrons. The zero-order valence-electron chi connectivity index (χ0n) is 37.7. The van der Waals surface area contributed by atoms with E-state index >= 15 is 0 Å². The van der Waals surface area contributed by atoms with Gasteiger partial charge in [0.25, 0.3) is 5.91 Å². The van der Waals surface area contributed by atoms with E-state index in [0.29, 0.717) is 43.4 Å². The second-order valence-electron chi connectivity index (χ2n) is 17.2. The molecule has 3 saturated heterocycles. The summed E-state index contributed by atoms with van der Waals surface area (Å²) in [6, 6.07) is 32.1. The number of hydrogen-bond donors (Lipinski definition) is 4. The molecule has 6 aromatic rings. The number of ether oxygens (including phenoxy) is 1. The third-order valence-electron chi connectivity index (χ3n) is 12.9. The van der Waals surface area contributed by atoms with E-state index in [2.05, 4.69) is 42.3 Å². The topological polar surface area (TPSA) is 172 Å². The molecule has 342 valence electrons. The number of rotatable bonds is 10. The number of aromatic amines is 2. The molecule has 2 aromatic heterocycles. The van der Waals surface area contributed by atoms with Crippen LogP contribution in [-0.2, 0) is 14.3 Å². The average Bonchev–Trinajstić information content (AvgIpc) is 4.23. The van der Waals surface area contributed by atoms with Gasteiger partial charge in [-0.15, -0.1) is 0 Å². The monoisotopic (exact) mass is 898 g/mol. The first-order chi connectivity index (χ1) is 32.7. The fourth-order valence-electron chi connectivity index (χ4n) is 9.14. The van der Waals surface area contributed by atoms with E-state index in [9.17, 15) is 19.2 Å². The largest absolute Gasteiger partial charge is 0.453 e. The molecule has 4 unspecified atom stereocenters. The number of hydrogen-bond acceptors (Lipinski definition) is 8. The number of H-pyrrole nitrogens is 2. The molecular formula is C52H54N10O5. The molecule has 5 amide bonds. The van der Waals surface area contributed by atoms with Crippen LogP contribution in [0.5, 0.6) is 0 Å². The number of likely N-dealkylation sites (N-methyl/N-ethyl adjacent to an activating group) is 1. The van der Waals surface area contributed by atoms with Crippen molar-refractivity contribution in [2.45, 2.75) is 49.9 Å². The molecule has 4 aromatic carbocycles. The Labute approximate surface area is 389 Å². The number of nitrogens with zero attached hydrogens (tertiary/aromatic N) is 6. The van der Waals surface area contributed by atoms with E-state index in [0.717, 1.165) is 78.0 Å². The normalized spacial score (nSPS) is 18.1. The fraction of sp³-hybridized carbons (Fsp3) is 0.308. The van der Waals surface area contributed by atoms with Gasteiger partial charge in [0.1, 0.15) is 23.7 Å². The fourth-order valence-corrected chi connectivity index (χ4v) is 9.14. The molecule has 9 rings (SSSR count). The highest BCUT2D eigenvalue weighted by Crippen LogP contribution is 2.36. The minimum atomic E-state index is -0.886. The standard InChI is InChI=1S/C52H54N10O5/c1-59-29-31-60(32-30-59)51(65)57-45(39-11-5-3-6-12-39)49(63)61-27-9-15-43(61)47-53-33-41(55-47)37-23-19-35(20-24-37)17-18-36-21-25-38(26-22-36)42-34-54-48(56-42)44-16-10-28-62(44)50(64)46(58-52(66)67-2)40-13-7-4-8-14-40/h3-8,11-14,19-26,33-34,43-46H,9-10,15-16,27-32H2,1-2H3,(H,53,55)(H,54,56)(H,57,65)(H,58,66). The maximum Gasteiger partial charge on any atom is 0.407 e. The van der Waals surface area contributed by atoms with Gasteiger partial charge >= 0.3 is 12.1 Å². The first kappa shape index (κ1) is 44.5. The van der Waals surface area contributed by atoms with Gasteiger partial charge in [0.2, 0.25) is 5.91 Å². The smallest absolute Gasteiger partial charge is 0.407 e. The molecule has 0 spiro atoms. The van der Waals surface area contributed by atoms with Crippen molar-refractivity contribution in [2.75, 3.05) is 53.4 Å². The van der Waals surface area contributed by atoms with Gasteiger partial charge in [0.15, 0.2) is 0 Å². The van der Waals surface area contributed by atoms with E-state index in [4.69, 9.17) is 9.72 Å². The molecule has 0 aliphatic carbocycles. The van der Waals surface area contributed by atoms with Crippen molar-refractivity contribution in [3.63, 3.8) is 0 Å². The summed E-state index contributed by atoms with van der Waals surface area (Å²) in [7, 11) is 3.32. The average molecular weight is 899 g/mol. The Morgan fingerprint density at radius 3 is 1.51 bits per heavy atom. The molecule has 15 heteroatoms. The number of piperazine rings is 1. The van der Waals surface area contributed by atoms with Crippen LogP contribution in [0.15, 0.2) is 122 Å². The number of carbonyl (C=O) groups is 4. The van der Waals surface area contributed by atoms with E-state index in [1.54, 1.807) is 22.2 Å². The Balaban J connectivity index is 0.827. The predicted octanol–water partition coefficient (Wildman–Crippen LogP) is 6.99. The summed E-state index contributed by atoms with van der Waals surface area (Å²) in [4.78, 5) is 77.9. The number of nitrogens with one attached hydrogen (secondary N) is 4. The second-order valence-corrected chi connectivity index (χ2v) is 17.2. The van der Waals surface area contributed by atoms with Crippen LogP contribution in [0.4, 0.5) is 9.59 Å². The number of aromatic nitrogens is 4. The van der Waals surface area contributed by atoms with Crippen molar-refractivity contribution in [1.82, 2.24) is 50.2 Å². The van der Waals surface area contributed by atoms with Gasteiger partial charge in [0, 0.05) is 50.4 Å². The van der Waals surface area contributed by atoms with Crippen LogP contribution in [0.3, 0.4) is 0 Å². The molecule has 4 atom stereocenters. The minimum Gasteiger partial charge on any atom is -0.453 e. The highest BCUT2D eigenvalue weighted by molar-refractivity contribution is 5.89. The Kier molecular flexibility index (Phi) is 13.4. The van der Waals surface area contributed by atoms with Crippen LogP contribution in [0, 0.1) is 11.8 Å². The Bertz CT molecular complexity index is 2740. The lowest BCUT2D eigenvalue weighted by Gasteiger charge is -2.34. The maximum atomic E-state index is 14.3. The van der Waals surface area contributed by atoms with Gasteiger partial charge in [-0.05, 0) is 79.3 Å². The lowest BCUT2D eigenvalue weighted by atomic mass is 10.0. The summed E-state index contributed by atoms with van der Waals surface area (Å²) >= 11 is 0. The first-order valence-electron chi connectivity index (χ1n) is 22.8. The van der Waals surface area contributed by atoms with Crippen LogP contribution in [0.25, 0.3) is 22.5 Å². The molecule has 0 saturated carbocycles.